The molecule has 2 saturated heterocycles. The Labute approximate surface area is 109 Å². The molecule has 0 aromatic carbocycles. The third-order valence-electron chi connectivity index (χ3n) is 3.93. The zero-order valence-electron chi connectivity index (χ0n) is 11.7. The van der Waals surface area contributed by atoms with E-state index in [0.717, 1.165) is 39.4 Å². The van der Waals surface area contributed by atoms with Crippen molar-refractivity contribution in [3.05, 3.63) is 0 Å². The number of carbonyl (C=O) groups is 1. The summed E-state index contributed by atoms with van der Waals surface area (Å²) in [5.74, 6) is 0.569. The molecule has 0 spiro atoms. The Kier molecular flexibility index (Phi) is 3.94. The Balaban J connectivity index is 1.98. The fourth-order valence-corrected chi connectivity index (χ4v) is 2.91. The molecule has 2 fully saturated rings. The molecule has 2 N–H and O–H groups in total. The highest BCUT2D eigenvalue weighted by atomic mass is 16.5. The molecule has 0 saturated carbocycles. The van der Waals surface area contributed by atoms with Crippen molar-refractivity contribution in [2.45, 2.75) is 32.4 Å². The number of likely N-dealkylation sites (tertiary alicyclic amines) is 1. The highest BCUT2D eigenvalue weighted by molar-refractivity contribution is 5.85. The van der Waals surface area contributed by atoms with Gasteiger partial charge < -0.3 is 15.4 Å². The summed E-state index contributed by atoms with van der Waals surface area (Å²) in [6, 6.07) is 0.459. The first kappa shape index (κ1) is 13.8. The fraction of sp³-hybridized carbons (Fsp3) is 0.923. The monoisotopic (exact) mass is 255 g/mol. The molecule has 2 rings (SSSR count). The van der Waals surface area contributed by atoms with E-state index in [1.807, 2.05) is 4.90 Å². The molecule has 2 unspecified atom stereocenters. The molecule has 2 aliphatic heterocycles. The van der Waals surface area contributed by atoms with Crippen LogP contribution in [0.25, 0.3) is 0 Å². The van der Waals surface area contributed by atoms with Gasteiger partial charge in [0.25, 0.3) is 0 Å². The van der Waals surface area contributed by atoms with Crippen LogP contribution in [0.1, 0.15) is 20.8 Å². The van der Waals surface area contributed by atoms with Gasteiger partial charge in [0.15, 0.2) is 0 Å². The van der Waals surface area contributed by atoms with Gasteiger partial charge in [-0.15, -0.1) is 0 Å². The van der Waals surface area contributed by atoms with Gasteiger partial charge in [-0.2, -0.15) is 0 Å². The van der Waals surface area contributed by atoms with E-state index in [-0.39, 0.29) is 5.91 Å². The lowest BCUT2D eigenvalue weighted by Crippen LogP contribution is -2.51. The van der Waals surface area contributed by atoms with Crippen molar-refractivity contribution in [3.8, 4) is 0 Å². The van der Waals surface area contributed by atoms with Gasteiger partial charge >= 0.3 is 0 Å². The average Bonchev–Trinajstić information content (AvgIpc) is 2.70. The number of nitrogens with two attached hydrogens (primary N) is 1. The predicted octanol–water partition coefficient (Wildman–Crippen LogP) is -0.0972. The number of nitrogens with zero attached hydrogens (tertiary/aromatic N) is 2. The second-order valence-corrected chi connectivity index (χ2v) is 6.12. The SMILES string of the molecule is CC1CN(C(=O)C(C)(C)N)CC1N1CCOCC1. The van der Waals surface area contributed by atoms with Crippen molar-refractivity contribution in [1.82, 2.24) is 9.80 Å². The summed E-state index contributed by atoms with van der Waals surface area (Å²) in [5.41, 5.74) is 5.14. The summed E-state index contributed by atoms with van der Waals surface area (Å²) in [5, 5.41) is 0. The maximum Gasteiger partial charge on any atom is 0.242 e. The lowest BCUT2D eigenvalue weighted by molar-refractivity contribution is -0.135. The van der Waals surface area contributed by atoms with Crippen LogP contribution in [0.2, 0.25) is 0 Å². The molecule has 5 nitrogen and oxygen atoms in total. The van der Waals surface area contributed by atoms with Gasteiger partial charge in [-0.1, -0.05) is 6.92 Å². The highest BCUT2D eigenvalue weighted by Gasteiger charge is 2.39. The average molecular weight is 255 g/mol. The lowest BCUT2D eigenvalue weighted by Gasteiger charge is -2.34. The maximum absolute atomic E-state index is 12.2. The molecule has 2 heterocycles. The van der Waals surface area contributed by atoms with Crippen molar-refractivity contribution >= 4 is 5.91 Å². The summed E-state index contributed by atoms with van der Waals surface area (Å²) in [6.07, 6.45) is 0. The van der Waals surface area contributed by atoms with Crippen LogP contribution in [0.5, 0.6) is 0 Å². The Morgan fingerprint density at radius 2 is 1.89 bits per heavy atom. The first-order chi connectivity index (χ1) is 8.39. The van der Waals surface area contributed by atoms with E-state index in [4.69, 9.17) is 10.5 Å². The first-order valence-electron chi connectivity index (χ1n) is 6.79. The number of rotatable bonds is 2. The maximum atomic E-state index is 12.2. The minimum atomic E-state index is -0.764. The van der Waals surface area contributed by atoms with Crippen molar-refractivity contribution in [3.63, 3.8) is 0 Å². The Hall–Kier alpha value is -0.650. The van der Waals surface area contributed by atoms with E-state index in [9.17, 15) is 4.79 Å². The highest BCUT2D eigenvalue weighted by Crippen LogP contribution is 2.24. The van der Waals surface area contributed by atoms with Crippen molar-refractivity contribution in [2.75, 3.05) is 39.4 Å². The van der Waals surface area contributed by atoms with Gasteiger partial charge in [-0.25, -0.2) is 0 Å². The molecule has 0 bridgehead atoms. The number of ether oxygens (including phenoxy) is 1. The van der Waals surface area contributed by atoms with Gasteiger partial charge in [-0.3, -0.25) is 9.69 Å². The second kappa shape index (κ2) is 5.15. The zero-order valence-corrected chi connectivity index (χ0v) is 11.7. The molecule has 2 atom stereocenters. The van der Waals surface area contributed by atoms with Gasteiger partial charge in [0.2, 0.25) is 5.91 Å². The Morgan fingerprint density at radius 1 is 1.28 bits per heavy atom. The quantitative estimate of drug-likeness (QED) is 0.749. The number of hydrogen-bond acceptors (Lipinski definition) is 4. The lowest BCUT2D eigenvalue weighted by atomic mass is 10.0. The van der Waals surface area contributed by atoms with E-state index < -0.39 is 5.54 Å². The van der Waals surface area contributed by atoms with Crippen LogP contribution in [0.15, 0.2) is 0 Å². The van der Waals surface area contributed by atoms with Crippen molar-refractivity contribution in [2.24, 2.45) is 11.7 Å². The Morgan fingerprint density at radius 3 is 2.44 bits per heavy atom. The number of carbonyl (C=O) groups excluding carboxylic acids is 1. The van der Waals surface area contributed by atoms with Gasteiger partial charge in [-0.05, 0) is 19.8 Å². The van der Waals surface area contributed by atoms with E-state index in [1.54, 1.807) is 13.8 Å². The molecule has 18 heavy (non-hydrogen) atoms. The number of amides is 1. The van der Waals surface area contributed by atoms with E-state index in [2.05, 4.69) is 11.8 Å². The van der Waals surface area contributed by atoms with Crippen LogP contribution >= 0.6 is 0 Å². The molecular weight excluding hydrogens is 230 g/mol. The first-order valence-corrected chi connectivity index (χ1v) is 6.79. The van der Waals surface area contributed by atoms with Crippen LogP contribution in [0.4, 0.5) is 0 Å². The summed E-state index contributed by atoms with van der Waals surface area (Å²) in [4.78, 5) is 16.6. The zero-order chi connectivity index (χ0) is 13.3. The molecule has 0 radical (unpaired) electrons. The molecule has 0 aromatic heterocycles. The molecular formula is C13H25N3O2. The van der Waals surface area contributed by atoms with Crippen LogP contribution in [-0.2, 0) is 9.53 Å². The second-order valence-electron chi connectivity index (χ2n) is 6.12. The van der Waals surface area contributed by atoms with Crippen LogP contribution in [0, 0.1) is 5.92 Å². The van der Waals surface area contributed by atoms with E-state index in [1.165, 1.54) is 0 Å². The summed E-state index contributed by atoms with van der Waals surface area (Å²) < 4.78 is 5.38. The van der Waals surface area contributed by atoms with Crippen LogP contribution in [0.3, 0.4) is 0 Å². The van der Waals surface area contributed by atoms with Gasteiger partial charge in [0, 0.05) is 32.2 Å². The minimum Gasteiger partial charge on any atom is -0.379 e. The topological polar surface area (TPSA) is 58.8 Å². The summed E-state index contributed by atoms with van der Waals surface area (Å²) >= 11 is 0. The summed E-state index contributed by atoms with van der Waals surface area (Å²) in [7, 11) is 0. The van der Waals surface area contributed by atoms with Crippen LogP contribution in [-0.4, -0.2) is 66.7 Å². The molecule has 0 aromatic rings. The predicted molar refractivity (Wildman–Crippen MR) is 70.2 cm³/mol. The fourth-order valence-electron chi connectivity index (χ4n) is 2.91. The molecule has 1 amide bonds. The third-order valence-corrected chi connectivity index (χ3v) is 3.93. The minimum absolute atomic E-state index is 0.0603. The summed E-state index contributed by atoms with van der Waals surface area (Å²) in [6.45, 7) is 11.0. The van der Waals surface area contributed by atoms with Crippen molar-refractivity contribution in [1.29, 1.82) is 0 Å². The largest absolute Gasteiger partial charge is 0.379 e. The standard InChI is InChI=1S/C13H25N3O2/c1-10-8-16(12(17)13(2,3)14)9-11(10)15-4-6-18-7-5-15/h10-11H,4-9,14H2,1-3H3. The van der Waals surface area contributed by atoms with Gasteiger partial charge in [0.05, 0.1) is 18.8 Å². The number of morpholine rings is 1. The number of hydrogen-bond donors (Lipinski definition) is 1. The van der Waals surface area contributed by atoms with E-state index >= 15 is 0 Å². The molecule has 0 aliphatic carbocycles. The molecule has 5 heteroatoms. The third kappa shape index (κ3) is 2.84. The Bertz CT molecular complexity index is 308. The molecule has 104 valence electrons. The van der Waals surface area contributed by atoms with E-state index in [0.29, 0.717) is 12.0 Å². The van der Waals surface area contributed by atoms with Crippen molar-refractivity contribution < 1.29 is 9.53 Å². The molecule has 2 aliphatic rings. The van der Waals surface area contributed by atoms with Gasteiger partial charge in [0.1, 0.15) is 0 Å². The van der Waals surface area contributed by atoms with Crippen LogP contribution < -0.4 is 5.73 Å². The smallest absolute Gasteiger partial charge is 0.242 e. The normalized spacial score (nSPS) is 30.8.